The van der Waals surface area contributed by atoms with E-state index in [1.807, 2.05) is 12.2 Å². The van der Waals surface area contributed by atoms with Crippen LogP contribution in [0.15, 0.2) is 157 Å². The molecule has 0 saturated heterocycles. The molecule has 4 aliphatic rings. The van der Waals surface area contributed by atoms with Crippen LogP contribution >= 0.6 is 0 Å². The van der Waals surface area contributed by atoms with E-state index in [4.69, 9.17) is 6.42 Å². The fourth-order valence-electron chi connectivity index (χ4n) is 9.88. The SMILES string of the molecule is C#C/C=C\C=C1/CC(C=C)=C(/C=C\C)C12c1ccccc1N1c3cc4cc(C)ccc4c(C4=CCCc5c4[nH]c4ccccc54)c3[B]c3cccc2c31. The fourth-order valence-corrected chi connectivity index (χ4v) is 9.88. The number of H-pyrrole nitrogens is 1. The highest BCUT2D eigenvalue weighted by Gasteiger charge is 2.53. The number of allylic oxidation sites excluding steroid dienone is 10. The topological polar surface area (TPSA) is 19.0 Å². The minimum Gasteiger partial charge on any atom is -0.354 e. The molecule has 1 atom stereocenters. The summed E-state index contributed by atoms with van der Waals surface area (Å²) in [5, 5.41) is 3.85. The van der Waals surface area contributed by atoms with Gasteiger partial charge >= 0.3 is 0 Å². The van der Waals surface area contributed by atoms with Crippen molar-refractivity contribution in [2.24, 2.45) is 0 Å². The summed E-state index contributed by atoms with van der Waals surface area (Å²) >= 11 is 0. The molecule has 10 rings (SSSR count). The Bertz CT molecular complexity index is 2790. The number of fused-ring (bicyclic) bond motifs is 10. The number of hydrogen-bond donors (Lipinski definition) is 1. The number of benzene rings is 5. The summed E-state index contributed by atoms with van der Waals surface area (Å²) in [7, 11) is 2.46. The third-order valence-corrected chi connectivity index (χ3v) is 11.9. The van der Waals surface area contributed by atoms with Gasteiger partial charge in [0.1, 0.15) is 0 Å². The molecule has 1 radical (unpaired) electrons. The summed E-state index contributed by atoms with van der Waals surface area (Å²) in [4.78, 5) is 6.44. The maximum Gasteiger partial charge on any atom is 0.197 e. The maximum atomic E-state index is 5.71. The lowest BCUT2D eigenvalue weighted by Gasteiger charge is -2.49. The van der Waals surface area contributed by atoms with Crippen LogP contribution in [-0.2, 0) is 11.8 Å². The van der Waals surface area contributed by atoms with E-state index in [9.17, 15) is 0 Å². The van der Waals surface area contributed by atoms with E-state index >= 15 is 0 Å². The zero-order chi connectivity index (χ0) is 35.8. The molecular weight excluding hydrogens is 639 g/mol. The van der Waals surface area contributed by atoms with E-state index in [1.54, 1.807) is 6.08 Å². The second-order valence-corrected chi connectivity index (χ2v) is 14.6. The molecule has 0 amide bonds. The molecule has 5 aromatic carbocycles. The van der Waals surface area contributed by atoms with Gasteiger partial charge in [0.25, 0.3) is 0 Å². The number of aromatic amines is 1. The number of anilines is 3. The molecule has 2 aliphatic carbocycles. The first-order chi connectivity index (χ1) is 26.1. The van der Waals surface area contributed by atoms with Crippen molar-refractivity contribution in [1.29, 1.82) is 0 Å². The van der Waals surface area contributed by atoms with Crippen molar-refractivity contribution >= 4 is 62.5 Å². The molecule has 3 heteroatoms. The number of aryl methyl sites for hydroxylation is 2. The molecular formula is C50H38BN2. The molecule has 6 aromatic rings. The predicted molar refractivity (Wildman–Crippen MR) is 226 cm³/mol. The van der Waals surface area contributed by atoms with E-state index in [0.29, 0.717) is 0 Å². The minimum absolute atomic E-state index is 0.514. The number of para-hydroxylation sites is 3. The Morgan fingerprint density at radius 1 is 0.943 bits per heavy atom. The zero-order valence-corrected chi connectivity index (χ0v) is 30.1. The van der Waals surface area contributed by atoms with Gasteiger partial charge in [-0.05, 0) is 113 Å². The lowest BCUT2D eigenvalue weighted by molar-refractivity contribution is 0.729. The van der Waals surface area contributed by atoms with Crippen LogP contribution in [0, 0.1) is 19.3 Å². The van der Waals surface area contributed by atoms with Crippen LogP contribution in [0.2, 0.25) is 0 Å². The summed E-state index contributed by atoms with van der Waals surface area (Å²) < 4.78 is 0. The van der Waals surface area contributed by atoms with Gasteiger partial charge in [-0.3, -0.25) is 0 Å². The number of hydrogen-bond acceptors (Lipinski definition) is 1. The molecule has 0 saturated carbocycles. The second-order valence-electron chi connectivity index (χ2n) is 14.6. The Kier molecular flexibility index (Phi) is 7.08. The Morgan fingerprint density at radius 2 is 1.79 bits per heavy atom. The molecule has 2 nitrogen and oxygen atoms in total. The first-order valence-corrected chi connectivity index (χ1v) is 18.6. The predicted octanol–water partition coefficient (Wildman–Crippen LogP) is 10.6. The summed E-state index contributed by atoms with van der Waals surface area (Å²) in [5.41, 5.74) is 19.7. The van der Waals surface area contributed by atoms with E-state index in [-0.39, 0.29) is 0 Å². The number of rotatable bonds is 4. The van der Waals surface area contributed by atoms with E-state index in [1.165, 1.54) is 105 Å². The molecule has 0 bridgehead atoms. The van der Waals surface area contributed by atoms with Crippen LogP contribution in [0.3, 0.4) is 0 Å². The highest BCUT2D eigenvalue weighted by Crippen LogP contribution is 2.62. The van der Waals surface area contributed by atoms with Gasteiger partial charge in [0.15, 0.2) is 7.28 Å². The van der Waals surface area contributed by atoms with Gasteiger partial charge in [-0.25, -0.2) is 0 Å². The molecule has 1 spiro atoms. The van der Waals surface area contributed by atoms with Gasteiger partial charge < -0.3 is 9.88 Å². The third-order valence-electron chi connectivity index (χ3n) is 11.9. The zero-order valence-electron chi connectivity index (χ0n) is 30.1. The first-order valence-electron chi connectivity index (χ1n) is 18.6. The summed E-state index contributed by atoms with van der Waals surface area (Å²) in [6, 6.07) is 34.1. The van der Waals surface area contributed by atoms with Gasteiger partial charge in [-0.1, -0.05) is 133 Å². The minimum atomic E-state index is -0.514. The average molecular weight is 678 g/mol. The quantitative estimate of drug-likeness (QED) is 0.145. The molecule has 0 fully saturated rings. The number of terminal acetylenes is 1. The van der Waals surface area contributed by atoms with E-state index in [2.05, 4.69) is 159 Å². The van der Waals surface area contributed by atoms with Crippen molar-refractivity contribution in [3.63, 3.8) is 0 Å². The first kappa shape index (κ1) is 31.5. The Labute approximate surface area is 312 Å². The highest BCUT2D eigenvalue weighted by atomic mass is 15.2. The molecule has 1 unspecified atom stereocenters. The Morgan fingerprint density at radius 3 is 2.66 bits per heavy atom. The number of nitrogens with one attached hydrogen (secondary N) is 1. The van der Waals surface area contributed by atoms with Crippen molar-refractivity contribution in [3.05, 3.63) is 190 Å². The molecule has 2 aliphatic heterocycles. The van der Waals surface area contributed by atoms with Gasteiger partial charge in [0.2, 0.25) is 0 Å². The van der Waals surface area contributed by atoms with Crippen molar-refractivity contribution in [3.8, 4) is 12.3 Å². The van der Waals surface area contributed by atoms with Crippen LogP contribution in [0.1, 0.15) is 53.3 Å². The van der Waals surface area contributed by atoms with Crippen LogP contribution < -0.4 is 15.8 Å². The van der Waals surface area contributed by atoms with Crippen LogP contribution in [0.5, 0.6) is 0 Å². The van der Waals surface area contributed by atoms with E-state index in [0.717, 1.165) is 19.3 Å². The second kappa shape index (κ2) is 11.9. The Balaban J connectivity index is 1.30. The third kappa shape index (κ3) is 4.30. The van der Waals surface area contributed by atoms with Crippen LogP contribution in [0.25, 0.3) is 27.2 Å². The van der Waals surface area contributed by atoms with Gasteiger partial charge in [-0.15, -0.1) is 6.42 Å². The maximum absolute atomic E-state index is 5.71. The van der Waals surface area contributed by atoms with Crippen molar-refractivity contribution < 1.29 is 0 Å². The molecule has 251 valence electrons. The Hall–Kier alpha value is -6.24. The lowest BCUT2D eigenvalue weighted by Crippen LogP contribution is -2.47. The summed E-state index contributed by atoms with van der Waals surface area (Å²) in [6.07, 6.45) is 23.6. The monoisotopic (exact) mass is 677 g/mol. The number of aromatic nitrogens is 1. The highest BCUT2D eigenvalue weighted by molar-refractivity contribution is 6.73. The van der Waals surface area contributed by atoms with Gasteiger partial charge in [-0.2, -0.15) is 0 Å². The molecule has 3 heterocycles. The standard InChI is InChI=1S/C50H38BN2/c1-5-8-9-17-34-29-32(7-3)39(16-6-2)50(34)40-21-11-13-25-44(40)53-45-30-33-28-31(4)26-27-35(33)46(47(45)51-42-23-15-22-41(50)49(42)53)38-20-14-19-37-36-18-10-12-24-43(36)52-48(37)38/h1,6-13,15-18,20-28,30,52H,3,14,19,29H2,2,4H3/b9-8-,16-6-,34-17+. The van der Waals surface area contributed by atoms with Crippen molar-refractivity contribution in [2.45, 2.75) is 38.5 Å². The number of nitrogens with zero attached hydrogens (tertiary/aromatic N) is 1. The molecule has 53 heavy (non-hydrogen) atoms. The summed E-state index contributed by atoms with van der Waals surface area (Å²) in [6.45, 7) is 8.62. The average Bonchev–Trinajstić information content (AvgIpc) is 3.72. The molecule has 1 N–H and O–H groups in total. The van der Waals surface area contributed by atoms with Crippen LogP contribution in [-0.4, -0.2) is 12.3 Å². The normalized spacial score (nSPS) is 19.1. The van der Waals surface area contributed by atoms with E-state index < -0.39 is 5.41 Å². The van der Waals surface area contributed by atoms with Gasteiger partial charge in [0.05, 0.1) is 11.1 Å². The smallest absolute Gasteiger partial charge is 0.197 e. The summed E-state index contributed by atoms with van der Waals surface area (Å²) in [5.74, 6) is 2.70. The lowest BCUT2D eigenvalue weighted by atomic mass is 9.54. The van der Waals surface area contributed by atoms with Crippen molar-refractivity contribution in [2.75, 3.05) is 4.90 Å². The molecule has 1 aromatic heterocycles. The van der Waals surface area contributed by atoms with Crippen LogP contribution in [0.4, 0.5) is 17.1 Å². The largest absolute Gasteiger partial charge is 0.354 e. The van der Waals surface area contributed by atoms with Crippen molar-refractivity contribution in [1.82, 2.24) is 4.98 Å². The van der Waals surface area contributed by atoms with Gasteiger partial charge in [0, 0.05) is 33.5 Å². The fraction of sp³-hybridized carbons (Fsp3) is 0.120.